The fraction of sp³-hybridized carbons (Fsp3) is 0.439. The summed E-state index contributed by atoms with van der Waals surface area (Å²) >= 11 is 0. The molecule has 2 heterocycles. The van der Waals surface area contributed by atoms with E-state index in [1.165, 1.54) is 0 Å². The number of rotatable bonds is 14. The second kappa shape index (κ2) is 19.4. The summed E-state index contributed by atoms with van der Waals surface area (Å²) < 4.78 is 16.6. The Morgan fingerprint density at radius 3 is 1.87 bits per heavy atom. The molecule has 2 saturated heterocycles. The Kier molecular flexibility index (Phi) is 14.2. The molecule has 2 fully saturated rings. The molecule has 5 rings (SSSR count). The lowest BCUT2D eigenvalue weighted by Gasteiger charge is -2.38. The number of nitrogens with one attached hydrogen (secondary N) is 3. The monoisotopic (exact) mass is 726 g/mol. The smallest absolute Gasteiger partial charge is 0.338 e. The number of fused-ring (bicyclic) bond motifs is 1. The summed E-state index contributed by atoms with van der Waals surface area (Å²) in [5, 5.41) is 8.77. The largest absolute Gasteiger partial charge is 0.494 e. The number of unbranched alkanes of at least 4 members (excludes halogenated alkanes) is 1. The predicted octanol–water partition coefficient (Wildman–Crippen LogP) is 4.15. The zero-order chi connectivity index (χ0) is 37.6. The lowest BCUT2D eigenvalue weighted by molar-refractivity contribution is -0.146. The molecule has 0 bridgehead atoms. The van der Waals surface area contributed by atoms with Crippen molar-refractivity contribution >= 4 is 29.6 Å². The van der Waals surface area contributed by atoms with Crippen LogP contribution in [0.3, 0.4) is 0 Å². The molecule has 0 spiro atoms. The molecule has 2 aliphatic heterocycles. The van der Waals surface area contributed by atoms with Gasteiger partial charge in [-0.1, -0.05) is 42.5 Å². The number of carbonyl (C=O) groups excluding carboxylic acids is 5. The van der Waals surface area contributed by atoms with Crippen molar-refractivity contribution in [3.8, 4) is 11.5 Å². The van der Waals surface area contributed by atoms with Crippen molar-refractivity contribution in [1.82, 2.24) is 20.9 Å². The number of piperidine rings is 1. The van der Waals surface area contributed by atoms with Gasteiger partial charge in [0.2, 0.25) is 23.6 Å². The lowest BCUT2D eigenvalue weighted by atomic mass is 9.96. The third-order valence-electron chi connectivity index (χ3n) is 9.45. The first-order valence-electron chi connectivity index (χ1n) is 18.6. The zero-order valence-corrected chi connectivity index (χ0v) is 30.5. The molecule has 3 N–H and O–H groups in total. The molecule has 53 heavy (non-hydrogen) atoms. The summed E-state index contributed by atoms with van der Waals surface area (Å²) in [6, 6.07) is 19.5. The number of hydrogen-bond acceptors (Lipinski definition) is 8. The maximum Gasteiger partial charge on any atom is 0.338 e. The minimum Gasteiger partial charge on any atom is -0.494 e. The van der Waals surface area contributed by atoms with Gasteiger partial charge in [0.05, 0.1) is 25.4 Å². The third kappa shape index (κ3) is 11.1. The standard InChI is InChI=1S/C41H50N4O8/c1-3-51-31-20-16-28(17-21-31)26-34-38(47)44-35(27-29-18-22-32(23-19-29)52-4-2)40(49)45-24-10-8-15-36(45)39(48)42-33(37(46)43-34)14-9-11-25-53-41(50)30-12-6-5-7-13-30/h5-7,12-13,16-23,33-36H,3-4,8-11,14-15,24-27H2,1-2H3,(H,42,48)(H,43,46)(H,44,47)/t33-,34-,35-,36+/m0/s1. The highest BCUT2D eigenvalue weighted by molar-refractivity contribution is 5.98. The van der Waals surface area contributed by atoms with E-state index in [-0.39, 0.29) is 31.8 Å². The summed E-state index contributed by atoms with van der Waals surface area (Å²) in [5.74, 6) is -0.851. The molecule has 0 saturated carbocycles. The second-order valence-corrected chi connectivity index (χ2v) is 13.3. The van der Waals surface area contributed by atoms with E-state index in [1.54, 1.807) is 41.3 Å². The van der Waals surface area contributed by atoms with Crippen LogP contribution in [0.1, 0.15) is 73.9 Å². The Morgan fingerprint density at radius 2 is 1.25 bits per heavy atom. The van der Waals surface area contributed by atoms with Crippen LogP contribution in [-0.4, -0.2) is 85.0 Å². The maximum absolute atomic E-state index is 14.3. The van der Waals surface area contributed by atoms with Crippen LogP contribution in [-0.2, 0) is 36.8 Å². The van der Waals surface area contributed by atoms with Crippen LogP contribution >= 0.6 is 0 Å². The second-order valence-electron chi connectivity index (χ2n) is 13.3. The van der Waals surface area contributed by atoms with Gasteiger partial charge in [-0.2, -0.15) is 0 Å². The molecule has 3 aromatic carbocycles. The van der Waals surface area contributed by atoms with Crippen LogP contribution < -0.4 is 25.4 Å². The quantitative estimate of drug-likeness (QED) is 0.166. The Labute approximate surface area is 310 Å². The van der Waals surface area contributed by atoms with Crippen molar-refractivity contribution in [2.45, 2.75) is 89.4 Å². The Balaban J connectivity index is 1.37. The number of nitrogens with zero attached hydrogens (tertiary/aromatic N) is 1. The van der Waals surface area contributed by atoms with Crippen LogP contribution in [0.4, 0.5) is 0 Å². The summed E-state index contributed by atoms with van der Waals surface area (Å²) in [6.07, 6.45) is 3.35. The molecular weight excluding hydrogens is 676 g/mol. The van der Waals surface area contributed by atoms with Crippen LogP contribution in [0.25, 0.3) is 0 Å². The van der Waals surface area contributed by atoms with Crippen molar-refractivity contribution in [2.24, 2.45) is 0 Å². The van der Waals surface area contributed by atoms with E-state index in [0.717, 1.165) is 17.5 Å². The molecule has 12 nitrogen and oxygen atoms in total. The number of amides is 4. The van der Waals surface area contributed by atoms with Gasteiger partial charge >= 0.3 is 5.97 Å². The number of carbonyl (C=O) groups is 5. The molecule has 0 radical (unpaired) electrons. The number of esters is 1. The summed E-state index contributed by atoms with van der Waals surface area (Å²) in [7, 11) is 0. The van der Waals surface area contributed by atoms with Crippen LogP contribution in [0.15, 0.2) is 78.9 Å². The van der Waals surface area contributed by atoms with Crippen LogP contribution in [0, 0.1) is 0 Å². The van der Waals surface area contributed by atoms with Gasteiger partial charge in [0.1, 0.15) is 35.7 Å². The van der Waals surface area contributed by atoms with E-state index in [2.05, 4.69) is 16.0 Å². The molecule has 0 aliphatic carbocycles. The first-order valence-corrected chi connectivity index (χ1v) is 18.6. The van der Waals surface area contributed by atoms with E-state index in [4.69, 9.17) is 14.2 Å². The van der Waals surface area contributed by atoms with Gasteiger partial charge in [-0.25, -0.2) is 4.79 Å². The van der Waals surface area contributed by atoms with E-state index in [0.29, 0.717) is 62.5 Å². The normalized spacial score (nSPS) is 20.8. The fourth-order valence-electron chi connectivity index (χ4n) is 6.68. The van der Waals surface area contributed by atoms with Gasteiger partial charge in [-0.3, -0.25) is 19.2 Å². The molecule has 3 aromatic rings. The highest BCUT2D eigenvalue weighted by Crippen LogP contribution is 2.22. The Morgan fingerprint density at radius 1 is 0.679 bits per heavy atom. The zero-order valence-electron chi connectivity index (χ0n) is 30.5. The first-order chi connectivity index (χ1) is 25.7. The van der Waals surface area contributed by atoms with Crippen molar-refractivity contribution in [2.75, 3.05) is 26.4 Å². The molecular formula is C41H50N4O8. The Hall–Kier alpha value is -5.39. The molecule has 0 aromatic heterocycles. The first kappa shape index (κ1) is 38.8. The van der Waals surface area contributed by atoms with Gasteiger partial charge in [0.15, 0.2) is 0 Å². The van der Waals surface area contributed by atoms with Crippen molar-refractivity contribution in [3.63, 3.8) is 0 Å². The predicted molar refractivity (Wildman–Crippen MR) is 198 cm³/mol. The van der Waals surface area contributed by atoms with E-state index >= 15 is 0 Å². The van der Waals surface area contributed by atoms with E-state index in [1.807, 2.05) is 56.3 Å². The van der Waals surface area contributed by atoms with Crippen molar-refractivity contribution in [3.05, 3.63) is 95.6 Å². The average Bonchev–Trinajstić information content (AvgIpc) is 3.18. The van der Waals surface area contributed by atoms with Gasteiger partial charge < -0.3 is 35.1 Å². The maximum atomic E-state index is 14.3. The van der Waals surface area contributed by atoms with Crippen molar-refractivity contribution in [1.29, 1.82) is 0 Å². The van der Waals surface area contributed by atoms with Gasteiger partial charge in [-0.05, 0) is 99.9 Å². The highest BCUT2D eigenvalue weighted by Gasteiger charge is 2.39. The highest BCUT2D eigenvalue weighted by atomic mass is 16.5. The molecule has 4 amide bonds. The summed E-state index contributed by atoms with van der Waals surface area (Å²) in [6.45, 7) is 5.30. The van der Waals surface area contributed by atoms with Crippen LogP contribution in [0.2, 0.25) is 0 Å². The molecule has 2 aliphatic rings. The minimum absolute atomic E-state index is 0.135. The SMILES string of the molecule is CCOc1ccc(C[C@@H]2NC(=O)[C@H](CCCCOC(=O)c3ccccc3)NC(=O)[C@H]3CCCCN3C(=O)[C@H](Cc3ccc(OCC)cc3)NC2=O)cc1. The fourth-order valence-corrected chi connectivity index (χ4v) is 6.68. The van der Waals surface area contributed by atoms with Gasteiger partial charge in [-0.15, -0.1) is 0 Å². The van der Waals surface area contributed by atoms with Gasteiger partial charge in [0.25, 0.3) is 0 Å². The minimum atomic E-state index is -1.06. The third-order valence-corrected chi connectivity index (χ3v) is 9.45. The Bertz CT molecular complexity index is 1680. The molecule has 282 valence electrons. The summed E-state index contributed by atoms with van der Waals surface area (Å²) in [5.41, 5.74) is 2.02. The average molecular weight is 727 g/mol. The van der Waals surface area contributed by atoms with E-state index < -0.39 is 47.9 Å². The van der Waals surface area contributed by atoms with Crippen molar-refractivity contribution < 1.29 is 38.2 Å². The number of hydrogen-bond donors (Lipinski definition) is 3. The van der Waals surface area contributed by atoms with Crippen LogP contribution in [0.5, 0.6) is 11.5 Å². The lowest BCUT2D eigenvalue weighted by Crippen LogP contribution is -2.63. The van der Waals surface area contributed by atoms with Gasteiger partial charge in [0, 0.05) is 19.4 Å². The molecule has 4 atom stereocenters. The number of ether oxygens (including phenoxy) is 3. The van der Waals surface area contributed by atoms with E-state index in [9.17, 15) is 24.0 Å². The number of benzene rings is 3. The topological polar surface area (TPSA) is 152 Å². The summed E-state index contributed by atoms with van der Waals surface area (Å²) in [4.78, 5) is 70.4. The molecule has 0 unspecified atom stereocenters. The molecule has 12 heteroatoms.